The first-order chi connectivity index (χ1) is 8.88. The van der Waals surface area contributed by atoms with E-state index in [4.69, 9.17) is 10.5 Å². The van der Waals surface area contributed by atoms with Crippen molar-refractivity contribution >= 4 is 15.7 Å². The molecular weight excluding hydrogens is 264 g/mol. The van der Waals surface area contributed by atoms with Crippen LogP contribution < -0.4 is 5.73 Å². The molecule has 0 saturated carbocycles. The third-order valence-electron chi connectivity index (χ3n) is 3.13. The molecule has 0 aromatic heterocycles. The van der Waals surface area contributed by atoms with Gasteiger partial charge in [-0.3, -0.25) is 0 Å². The van der Waals surface area contributed by atoms with Crippen molar-refractivity contribution in [2.45, 2.75) is 19.4 Å². The van der Waals surface area contributed by atoms with E-state index in [1.54, 1.807) is 26.3 Å². The van der Waals surface area contributed by atoms with Crippen molar-refractivity contribution in [2.24, 2.45) is 0 Å². The molecule has 0 aliphatic heterocycles. The van der Waals surface area contributed by atoms with Crippen LogP contribution in [0, 0.1) is 0 Å². The predicted molar refractivity (Wildman–Crippen MR) is 77.3 cm³/mol. The van der Waals surface area contributed by atoms with Gasteiger partial charge in [0.2, 0.25) is 10.0 Å². The molecular formula is C13H22N2O3S. The van der Waals surface area contributed by atoms with Crippen LogP contribution >= 0.6 is 0 Å². The fraction of sp³-hybridized carbons (Fsp3) is 0.538. The lowest BCUT2D eigenvalue weighted by molar-refractivity contribution is 0.199. The van der Waals surface area contributed by atoms with Gasteiger partial charge in [-0.1, -0.05) is 12.1 Å². The monoisotopic (exact) mass is 286 g/mol. The minimum atomic E-state index is -3.28. The molecule has 0 fully saturated rings. The third kappa shape index (κ3) is 4.49. The summed E-state index contributed by atoms with van der Waals surface area (Å²) in [5.41, 5.74) is 7.24. The zero-order valence-corrected chi connectivity index (χ0v) is 12.5. The quantitative estimate of drug-likeness (QED) is 0.611. The second-order valence-electron chi connectivity index (χ2n) is 4.52. The van der Waals surface area contributed by atoms with Crippen LogP contribution in [0.2, 0.25) is 0 Å². The van der Waals surface area contributed by atoms with Crippen LogP contribution in [0.1, 0.15) is 24.9 Å². The van der Waals surface area contributed by atoms with E-state index in [1.807, 2.05) is 19.1 Å². The second-order valence-corrected chi connectivity index (χ2v) is 6.67. The maximum absolute atomic E-state index is 12.1. The Morgan fingerprint density at radius 1 is 1.42 bits per heavy atom. The standard InChI is InChI=1S/C13H22N2O3S/c1-11(12-6-4-7-13(14)10-12)15(2)19(16,17)9-5-8-18-3/h4,6-7,10-11H,5,8-9,14H2,1-3H3. The first-order valence-electron chi connectivity index (χ1n) is 6.18. The highest BCUT2D eigenvalue weighted by Crippen LogP contribution is 2.23. The van der Waals surface area contributed by atoms with E-state index in [1.165, 1.54) is 4.31 Å². The minimum absolute atomic E-state index is 0.0873. The van der Waals surface area contributed by atoms with Crippen LogP contribution in [-0.4, -0.2) is 39.2 Å². The van der Waals surface area contributed by atoms with Gasteiger partial charge in [-0.2, -0.15) is 4.31 Å². The molecule has 0 amide bonds. The van der Waals surface area contributed by atoms with Crippen molar-refractivity contribution in [3.05, 3.63) is 29.8 Å². The topological polar surface area (TPSA) is 72.6 Å². The molecule has 1 aromatic carbocycles. The Morgan fingerprint density at radius 3 is 2.68 bits per heavy atom. The molecule has 108 valence electrons. The average Bonchev–Trinajstić information content (AvgIpc) is 2.37. The van der Waals surface area contributed by atoms with E-state index in [0.717, 1.165) is 5.56 Å². The number of ether oxygens (including phenoxy) is 1. The van der Waals surface area contributed by atoms with Gasteiger partial charge in [-0.05, 0) is 31.0 Å². The van der Waals surface area contributed by atoms with E-state index in [2.05, 4.69) is 0 Å². The summed E-state index contributed by atoms with van der Waals surface area (Å²) in [6.45, 7) is 2.29. The van der Waals surface area contributed by atoms with Crippen LogP contribution in [0.15, 0.2) is 24.3 Å². The summed E-state index contributed by atoms with van der Waals surface area (Å²) in [6, 6.07) is 7.04. The number of benzene rings is 1. The Hall–Kier alpha value is -1.11. The summed E-state index contributed by atoms with van der Waals surface area (Å²) >= 11 is 0. The SMILES string of the molecule is COCCCS(=O)(=O)N(C)C(C)c1cccc(N)c1. The smallest absolute Gasteiger partial charge is 0.214 e. The number of nitrogens with zero attached hydrogens (tertiary/aromatic N) is 1. The molecule has 0 spiro atoms. The van der Waals surface area contributed by atoms with Gasteiger partial charge in [-0.15, -0.1) is 0 Å². The number of methoxy groups -OCH3 is 1. The van der Waals surface area contributed by atoms with Crippen LogP contribution in [0.5, 0.6) is 0 Å². The van der Waals surface area contributed by atoms with E-state index >= 15 is 0 Å². The Balaban J connectivity index is 2.78. The fourth-order valence-electron chi connectivity index (χ4n) is 1.80. The molecule has 6 heteroatoms. The van der Waals surface area contributed by atoms with Gasteiger partial charge in [0.1, 0.15) is 0 Å². The fourth-order valence-corrected chi connectivity index (χ4v) is 3.17. The molecule has 19 heavy (non-hydrogen) atoms. The van der Waals surface area contributed by atoms with Crippen molar-refractivity contribution in [2.75, 3.05) is 32.3 Å². The lowest BCUT2D eigenvalue weighted by Crippen LogP contribution is -2.32. The normalized spacial score (nSPS) is 13.7. The van der Waals surface area contributed by atoms with E-state index in [-0.39, 0.29) is 11.8 Å². The Bertz CT molecular complexity index is 502. The molecule has 1 rings (SSSR count). The Morgan fingerprint density at radius 2 is 2.11 bits per heavy atom. The van der Waals surface area contributed by atoms with Gasteiger partial charge in [0.15, 0.2) is 0 Å². The first-order valence-corrected chi connectivity index (χ1v) is 7.79. The third-order valence-corrected chi connectivity index (χ3v) is 5.13. The minimum Gasteiger partial charge on any atom is -0.399 e. The second kappa shape index (κ2) is 6.88. The van der Waals surface area contributed by atoms with Gasteiger partial charge in [0.05, 0.1) is 5.75 Å². The Labute approximate surface area is 115 Å². The first kappa shape index (κ1) is 15.9. The number of nitrogens with two attached hydrogens (primary N) is 1. The Kier molecular flexibility index (Phi) is 5.78. The van der Waals surface area contributed by atoms with Crippen LogP contribution in [0.3, 0.4) is 0 Å². The largest absolute Gasteiger partial charge is 0.399 e. The predicted octanol–water partition coefficient (Wildman–Crippen LogP) is 1.63. The van der Waals surface area contributed by atoms with Crippen molar-refractivity contribution < 1.29 is 13.2 Å². The number of hydrogen-bond acceptors (Lipinski definition) is 4. The van der Waals surface area contributed by atoms with E-state index in [9.17, 15) is 8.42 Å². The molecule has 0 radical (unpaired) electrons. The molecule has 0 saturated heterocycles. The number of anilines is 1. The molecule has 0 aliphatic carbocycles. The highest BCUT2D eigenvalue weighted by Gasteiger charge is 2.23. The number of rotatable bonds is 7. The van der Waals surface area contributed by atoms with Gasteiger partial charge in [0, 0.05) is 32.5 Å². The maximum atomic E-state index is 12.1. The molecule has 0 heterocycles. The van der Waals surface area contributed by atoms with Crippen molar-refractivity contribution in [1.29, 1.82) is 0 Å². The molecule has 0 aliphatic rings. The van der Waals surface area contributed by atoms with Crippen LogP contribution in [0.4, 0.5) is 5.69 Å². The molecule has 0 bridgehead atoms. The highest BCUT2D eigenvalue weighted by molar-refractivity contribution is 7.89. The zero-order valence-electron chi connectivity index (χ0n) is 11.7. The van der Waals surface area contributed by atoms with E-state index in [0.29, 0.717) is 18.7 Å². The molecule has 1 unspecified atom stereocenters. The summed E-state index contributed by atoms with van der Waals surface area (Å²) < 4.78 is 30.6. The summed E-state index contributed by atoms with van der Waals surface area (Å²) in [5, 5.41) is 0. The van der Waals surface area contributed by atoms with Gasteiger partial charge >= 0.3 is 0 Å². The number of hydrogen-bond donors (Lipinski definition) is 1. The molecule has 1 atom stereocenters. The van der Waals surface area contributed by atoms with Gasteiger partial charge in [0.25, 0.3) is 0 Å². The molecule has 2 N–H and O–H groups in total. The highest BCUT2D eigenvalue weighted by atomic mass is 32.2. The average molecular weight is 286 g/mol. The lowest BCUT2D eigenvalue weighted by atomic mass is 10.1. The number of sulfonamides is 1. The zero-order chi connectivity index (χ0) is 14.5. The van der Waals surface area contributed by atoms with Gasteiger partial charge < -0.3 is 10.5 Å². The van der Waals surface area contributed by atoms with Crippen molar-refractivity contribution in [1.82, 2.24) is 4.31 Å². The van der Waals surface area contributed by atoms with Crippen LogP contribution in [-0.2, 0) is 14.8 Å². The summed E-state index contributed by atoms with van der Waals surface area (Å²) in [7, 11) is -0.126. The van der Waals surface area contributed by atoms with Crippen LogP contribution in [0.25, 0.3) is 0 Å². The summed E-state index contributed by atoms with van der Waals surface area (Å²) in [6.07, 6.45) is 0.493. The maximum Gasteiger partial charge on any atom is 0.214 e. The van der Waals surface area contributed by atoms with E-state index < -0.39 is 10.0 Å². The van der Waals surface area contributed by atoms with Crippen molar-refractivity contribution in [3.63, 3.8) is 0 Å². The summed E-state index contributed by atoms with van der Waals surface area (Å²) in [4.78, 5) is 0. The lowest BCUT2D eigenvalue weighted by Gasteiger charge is -2.24. The summed E-state index contributed by atoms with van der Waals surface area (Å²) in [5.74, 6) is 0.0873. The van der Waals surface area contributed by atoms with Gasteiger partial charge in [-0.25, -0.2) is 8.42 Å². The molecule has 1 aromatic rings. The number of nitrogen functional groups attached to an aromatic ring is 1. The van der Waals surface area contributed by atoms with Crippen molar-refractivity contribution in [3.8, 4) is 0 Å². The molecule has 5 nitrogen and oxygen atoms in total.